The Balaban J connectivity index is 1.95. The first kappa shape index (κ1) is 24.1. The van der Waals surface area contributed by atoms with Crippen molar-refractivity contribution in [3.63, 3.8) is 0 Å². The Kier molecular flexibility index (Phi) is 6.63. The van der Waals surface area contributed by atoms with Crippen molar-refractivity contribution in [2.24, 2.45) is 0 Å². The summed E-state index contributed by atoms with van der Waals surface area (Å²) in [6, 6.07) is 7.90. The molecule has 3 rings (SSSR count). The average molecular weight is 507 g/mol. The fourth-order valence-corrected chi connectivity index (χ4v) is 4.68. The minimum absolute atomic E-state index is 0.00507. The maximum Gasteiger partial charge on any atom is 0.289 e. The number of nitro groups is 1. The normalized spacial score (nSPS) is 11.8. The number of nitrogens with one attached hydrogen (secondary N) is 1. The first-order valence-corrected chi connectivity index (χ1v) is 12.1. The van der Waals surface area contributed by atoms with Crippen LogP contribution in [-0.4, -0.2) is 40.3 Å². The van der Waals surface area contributed by atoms with Crippen molar-refractivity contribution in [3.8, 4) is 11.8 Å². The van der Waals surface area contributed by atoms with Crippen molar-refractivity contribution in [2.45, 2.75) is 18.2 Å². The summed E-state index contributed by atoms with van der Waals surface area (Å²) in [5.74, 6) is -0.791. The molecule has 0 fully saturated rings. The number of aromatic nitrogens is 3. The van der Waals surface area contributed by atoms with Gasteiger partial charge >= 0.3 is 0 Å². The number of rotatable bonds is 6. The third-order valence-corrected chi connectivity index (χ3v) is 7.29. The number of nitriles is 1. The summed E-state index contributed by atoms with van der Waals surface area (Å²) >= 11 is 6.56. The largest absolute Gasteiger partial charge is 0.318 e. The minimum Gasteiger partial charge on any atom is -0.318 e. The second-order valence-electron chi connectivity index (χ2n) is 6.82. The van der Waals surface area contributed by atoms with Crippen molar-refractivity contribution in [1.82, 2.24) is 14.8 Å². The molecule has 0 saturated heterocycles. The summed E-state index contributed by atoms with van der Waals surface area (Å²) in [7, 11) is -3.58. The lowest BCUT2D eigenvalue weighted by Crippen LogP contribution is -2.13. The van der Waals surface area contributed by atoms with E-state index in [1.54, 1.807) is 36.6 Å². The highest BCUT2D eigenvalue weighted by atomic mass is 35.5. The summed E-state index contributed by atoms with van der Waals surface area (Å²) in [5.41, 5.74) is 1.85. The van der Waals surface area contributed by atoms with Crippen molar-refractivity contribution < 1.29 is 18.1 Å². The van der Waals surface area contributed by atoms with Gasteiger partial charge in [0.1, 0.15) is 16.7 Å². The predicted octanol–water partition coefficient (Wildman–Crippen LogP) is 3.46. The van der Waals surface area contributed by atoms with Crippen LogP contribution in [0.4, 0.5) is 10.8 Å². The Morgan fingerprint density at radius 3 is 2.61 bits per heavy atom. The van der Waals surface area contributed by atoms with Gasteiger partial charge in [-0.25, -0.2) is 8.42 Å². The molecule has 11 nitrogen and oxygen atoms in total. The molecule has 0 saturated carbocycles. The zero-order valence-corrected chi connectivity index (χ0v) is 19.7. The highest BCUT2D eigenvalue weighted by Gasteiger charge is 2.19. The Morgan fingerprint density at radius 1 is 1.33 bits per heavy atom. The molecule has 33 heavy (non-hydrogen) atoms. The lowest BCUT2D eigenvalue weighted by Gasteiger charge is -2.10. The number of carbonyl (C=O) groups excluding carboxylic acids is 1. The number of carbonyl (C=O) groups is 1. The Morgan fingerprint density at radius 2 is 2.03 bits per heavy atom. The molecule has 2 heterocycles. The van der Waals surface area contributed by atoms with Crippen LogP contribution in [0.5, 0.6) is 0 Å². The van der Waals surface area contributed by atoms with Gasteiger partial charge in [0.25, 0.3) is 11.6 Å². The fraction of sp³-hybridized carbons (Fsp3) is 0.158. The molecule has 0 atom stereocenters. The van der Waals surface area contributed by atoms with Crippen LogP contribution in [0.1, 0.15) is 17.0 Å². The van der Waals surface area contributed by atoms with Crippen molar-refractivity contribution >= 4 is 55.6 Å². The molecule has 3 aromatic rings. The number of benzene rings is 1. The third kappa shape index (κ3) is 5.08. The van der Waals surface area contributed by atoms with E-state index in [2.05, 4.69) is 15.5 Å². The first-order valence-electron chi connectivity index (χ1n) is 9.02. The van der Waals surface area contributed by atoms with E-state index >= 15 is 0 Å². The maximum atomic E-state index is 12.5. The van der Waals surface area contributed by atoms with Gasteiger partial charge in [0, 0.05) is 23.7 Å². The zero-order valence-electron chi connectivity index (χ0n) is 17.4. The molecule has 0 aliphatic heterocycles. The highest BCUT2D eigenvalue weighted by Crippen LogP contribution is 2.30. The molecular weight excluding hydrogens is 492 g/mol. The van der Waals surface area contributed by atoms with Gasteiger partial charge in [-0.05, 0) is 43.7 Å². The summed E-state index contributed by atoms with van der Waals surface area (Å²) in [4.78, 5) is 23.2. The zero-order chi connectivity index (χ0) is 24.5. The molecule has 2 aromatic heterocycles. The summed E-state index contributed by atoms with van der Waals surface area (Å²) in [6.45, 7) is 3.50. The molecule has 0 unspecified atom stereocenters. The van der Waals surface area contributed by atoms with Gasteiger partial charge in [-0.3, -0.25) is 20.2 Å². The molecule has 14 heteroatoms. The van der Waals surface area contributed by atoms with Gasteiger partial charge in [-0.1, -0.05) is 22.9 Å². The van der Waals surface area contributed by atoms with Crippen molar-refractivity contribution in [3.05, 3.63) is 61.9 Å². The van der Waals surface area contributed by atoms with Crippen LogP contribution in [0.15, 0.2) is 34.2 Å². The quantitative estimate of drug-likeness (QED) is 0.175. The standard InChI is InChI=1S/C19H15ClN6O5S2/c1-10-6-12(11(2)25(10)14-4-5-15(20)16(8-14)26(28)29)7-13(9-21)17(27)22-18-23-24-19(32-18)33(3,30)31/h4-8H,1-3H3,(H,22,23,27)/b13-7-. The van der Waals surface area contributed by atoms with Gasteiger partial charge in [0.2, 0.25) is 19.3 Å². The van der Waals surface area contributed by atoms with E-state index in [-0.39, 0.29) is 25.8 Å². The van der Waals surface area contributed by atoms with Crippen LogP contribution in [0.25, 0.3) is 11.8 Å². The second kappa shape index (κ2) is 9.10. The molecule has 0 radical (unpaired) electrons. The lowest BCUT2D eigenvalue weighted by molar-refractivity contribution is -0.384. The molecule has 0 spiro atoms. The molecule has 1 N–H and O–H groups in total. The number of aryl methyl sites for hydroxylation is 1. The molecule has 1 amide bonds. The predicted molar refractivity (Wildman–Crippen MR) is 122 cm³/mol. The van der Waals surface area contributed by atoms with Crippen LogP contribution >= 0.6 is 22.9 Å². The summed E-state index contributed by atoms with van der Waals surface area (Å²) < 4.78 is 24.5. The molecule has 0 aliphatic rings. The van der Waals surface area contributed by atoms with Crippen molar-refractivity contribution in [2.75, 3.05) is 11.6 Å². The summed E-state index contributed by atoms with van der Waals surface area (Å²) in [6.07, 6.45) is 2.32. The van der Waals surface area contributed by atoms with E-state index < -0.39 is 20.7 Å². The van der Waals surface area contributed by atoms with Crippen LogP contribution in [0, 0.1) is 35.3 Å². The Hall–Kier alpha value is -3.60. The van der Waals surface area contributed by atoms with E-state index in [0.717, 1.165) is 6.26 Å². The molecule has 170 valence electrons. The fourth-order valence-electron chi connectivity index (χ4n) is 2.99. The summed E-state index contributed by atoms with van der Waals surface area (Å²) in [5, 5.41) is 30.1. The second-order valence-corrected chi connectivity index (χ2v) is 10.4. The van der Waals surface area contributed by atoms with Gasteiger partial charge in [-0.15, -0.1) is 10.2 Å². The van der Waals surface area contributed by atoms with E-state index in [9.17, 15) is 28.6 Å². The van der Waals surface area contributed by atoms with Crippen LogP contribution in [0.3, 0.4) is 0 Å². The molecule has 0 aliphatic carbocycles. The number of hydrogen-bond donors (Lipinski definition) is 1. The lowest BCUT2D eigenvalue weighted by atomic mass is 10.1. The molecule has 1 aromatic carbocycles. The smallest absolute Gasteiger partial charge is 0.289 e. The van der Waals surface area contributed by atoms with E-state index in [1.807, 2.05) is 0 Å². The SMILES string of the molecule is Cc1cc(/C=C(/C#N)C(=O)Nc2nnc(S(C)(=O)=O)s2)c(C)n1-c1ccc(Cl)c([N+](=O)[O-])c1. The molecule has 0 bridgehead atoms. The van der Waals surface area contributed by atoms with Gasteiger partial charge in [0.05, 0.1) is 10.6 Å². The monoisotopic (exact) mass is 506 g/mol. The van der Waals surface area contributed by atoms with E-state index in [1.165, 1.54) is 18.2 Å². The first-order chi connectivity index (χ1) is 15.4. The number of nitro benzene ring substituents is 1. The average Bonchev–Trinajstić information content (AvgIpc) is 3.30. The van der Waals surface area contributed by atoms with Crippen molar-refractivity contribution in [1.29, 1.82) is 5.26 Å². The number of amides is 1. The van der Waals surface area contributed by atoms with Gasteiger partial charge in [-0.2, -0.15) is 5.26 Å². The topological polar surface area (TPSA) is 161 Å². The highest BCUT2D eigenvalue weighted by molar-refractivity contribution is 7.92. The number of nitrogens with zero attached hydrogens (tertiary/aromatic N) is 5. The number of sulfone groups is 1. The third-order valence-electron chi connectivity index (χ3n) is 4.46. The van der Waals surface area contributed by atoms with Gasteiger partial charge in [0.15, 0.2) is 0 Å². The number of anilines is 1. The van der Waals surface area contributed by atoms with Crippen LogP contribution in [0.2, 0.25) is 5.02 Å². The van der Waals surface area contributed by atoms with Gasteiger partial charge < -0.3 is 4.57 Å². The maximum absolute atomic E-state index is 12.5. The Bertz CT molecular complexity index is 1470. The number of halogens is 1. The molecular formula is C19H15ClN6O5S2. The van der Waals surface area contributed by atoms with Crippen LogP contribution < -0.4 is 5.32 Å². The minimum atomic E-state index is -3.58. The van der Waals surface area contributed by atoms with Crippen LogP contribution in [-0.2, 0) is 14.6 Å². The Labute approximate surface area is 197 Å². The number of hydrogen-bond acceptors (Lipinski definition) is 9. The van der Waals surface area contributed by atoms with E-state index in [0.29, 0.717) is 34.0 Å². The van der Waals surface area contributed by atoms with E-state index in [4.69, 9.17) is 11.6 Å².